The second-order valence-corrected chi connectivity index (χ2v) is 6.25. The molecule has 8 heteroatoms. The Bertz CT molecular complexity index is 858. The van der Waals surface area contributed by atoms with Gasteiger partial charge in [0.05, 0.1) is 17.1 Å². The fourth-order valence-corrected chi connectivity index (χ4v) is 3.15. The third-order valence-electron chi connectivity index (χ3n) is 3.52. The van der Waals surface area contributed by atoms with E-state index in [1.165, 1.54) is 24.9 Å². The summed E-state index contributed by atoms with van der Waals surface area (Å²) in [5.41, 5.74) is 0.00870. The topological polar surface area (TPSA) is 101 Å². The summed E-state index contributed by atoms with van der Waals surface area (Å²) in [6, 6.07) is 9.31. The number of H-pyrrole nitrogens is 1. The molecule has 2 aromatic rings. The maximum Gasteiger partial charge on any atom is 0.272 e. The molecule has 1 aliphatic rings. The van der Waals surface area contributed by atoms with Crippen LogP contribution in [-0.4, -0.2) is 47.1 Å². The van der Waals surface area contributed by atoms with Crippen LogP contribution >= 0.6 is 11.8 Å². The molecule has 7 nitrogen and oxygen atoms in total. The Hall–Kier alpha value is -2.87. The van der Waals surface area contributed by atoms with Gasteiger partial charge in [-0.25, -0.2) is 0 Å². The van der Waals surface area contributed by atoms with E-state index in [0.717, 1.165) is 5.75 Å². The van der Waals surface area contributed by atoms with Gasteiger partial charge in [-0.15, -0.1) is 11.8 Å². The number of carbonyl (C=O) groups excluding carboxylic acids is 3. The number of ketones is 2. The van der Waals surface area contributed by atoms with Crippen LogP contribution in [0.3, 0.4) is 0 Å². The van der Waals surface area contributed by atoms with Gasteiger partial charge in [-0.2, -0.15) is 5.10 Å². The molecule has 0 fully saturated rings. The highest BCUT2D eigenvalue weighted by atomic mass is 32.2. The van der Waals surface area contributed by atoms with Crippen molar-refractivity contribution in [1.82, 2.24) is 15.5 Å². The zero-order valence-electron chi connectivity index (χ0n) is 13.4. The molecule has 1 heterocycles. The van der Waals surface area contributed by atoms with Gasteiger partial charge in [0.2, 0.25) is 11.6 Å². The van der Waals surface area contributed by atoms with Gasteiger partial charge >= 0.3 is 0 Å². The predicted molar refractivity (Wildman–Crippen MR) is 93.1 cm³/mol. The van der Waals surface area contributed by atoms with Gasteiger partial charge in [0.15, 0.2) is 5.69 Å². The molecule has 0 unspecified atom stereocenters. The zero-order chi connectivity index (χ0) is 17.8. The first-order valence-corrected chi connectivity index (χ1v) is 8.52. The average molecular weight is 357 g/mol. The molecule has 1 aliphatic carbocycles. The van der Waals surface area contributed by atoms with Crippen LogP contribution in [0.5, 0.6) is 5.75 Å². The van der Waals surface area contributed by atoms with E-state index in [4.69, 9.17) is 4.74 Å². The molecule has 25 heavy (non-hydrogen) atoms. The van der Waals surface area contributed by atoms with Crippen LogP contribution in [0.2, 0.25) is 0 Å². The summed E-state index contributed by atoms with van der Waals surface area (Å²) in [5, 5.41) is 8.67. The van der Waals surface area contributed by atoms with Crippen molar-refractivity contribution in [2.75, 3.05) is 19.4 Å². The number of aromatic amines is 1. The number of rotatable bonds is 6. The van der Waals surface area contributed by atoms with E-state index in [9.17, 15) is 14.4 Å². The molecular formula is C17H15N3O4S. The summed E-state index contributed by atoms with van der Waals surface area (Å²) in [4.78, 5) is 36.8. The number of carbonyl (C=O) groups is 3. The van der Waals surface area contributed by atoms with Crippen molar-refractivity contribution in [1.29, 1.82) is 0 Å². The van der Waals surface area contributed by atoms with Crippen molar-refractivity contribution >= 4 is 29.2 Å². The zero-order valence-corrected chi connectivity index (χ0v) is 14.2. The van der Waals surface area contributed by atoms with E-state index in [1.807, 2.05) is 30.3 Å². The molecule has 0 saturated carbocycles. The number of allylic oxidation sites excluding steroid dienone is 2. The number of hydrogen-bond acceptors (Lipinski definition) is 6. The molecule has 0 atom stereocenters. The van der Waals surface area contributed by atoms with Crippen LogP contribution in [0.25, 0.3) is 0 Å². The summed E-state index contributed by atoms with van der Waals surface area (Å²) in [7, 11) is 1.44. The third kappa shape index (κ3) is 3.48. The van der Waals surface area contributed by atoms with Crippen molar-refractivity contribution in [2.24, 2.45) is 0 Å². The molecule has 1 amide bonds. The Kier molecular flexibility index (Phi) is 4.99. The molecule has 0 bridgehead atoms. The van der Waals surface area contributed by atoms with Crippen molar-refractivity contribution in [3.8, 4) is 5.75 Å². The highest BCUT2D eigenvalue weighted by Gasteiger charge is 2.33. The van der Waals surface area contributed by atoms with Crippen molar-refractivity contribution in [3.05, 3.63) is 58.3 Å². The first kappa shape index (κ1) is 17.0. The maximum atomic E-state index is 12.6. The van der Waals surface area contributed by atoms with Crippen LogP contribution in [0.15, 0.2) is 41.3 Å². The summed E-state index contributed by atoms with van der Waals surface area (Å²) < 4.78 is 5.57. The van der Waals surface area contributed by atoms with Crippen molar-refractivity contribution in [3.63, 3.8) is 0 Å². The van der Waals surface area contributed by atoms with Crippen LogP contribution in [-0.2, 0) is 0 Å². The van der Waals surface area contributed by atoms with Gasteiger partial charge in [0, 0.05) is 18.9 Å². The van der Waals surface area contributed by atoms with E-state index >= 15 is 0 Å². The maximum absolute atomic E-state index is 12.6. The fourth-order valence-electron chi connectivity index (χ4n) is 2.34. The number of benzene rings is 1. The standard InChI is InChI=1S/C17H15N3O4S/c1-18-17(23)15-13-14(19-20-15)11(21)9-12(16(13)22)25-8-7-24-10-5-3-2-4-6-10/h2-6,9H,7-8H2,1H3,(H,18,23)(H,19,20). The fraction of sp³-hybridized carbons (Fsp3) is 0.176. The first-order chi connectivity index (χ1) is 12.1. The Morgan fingerprint density at radius 2 is 2.04 bits per heavy atom. The Labute approximate surface area is 147 Å². The van der Waals surface area contributed by atoms with Gasteiger partial charge in [0.1, 0.15) is 11.4 Å². The first-order valence-electron chi connectivity index (χ1n) is 7.53. The number of amides is 1. The highest BCUT2D eigenvalue weighted by molar-refractivity contribution is 8.04. The molecular weight excluding hydrogens is 342 g/mol. The van der Waals surface area contributed by atoms with E-state index < -0.39 is 5.91 Å². The highest BCUT2D eigenvalue weighted by Crippen LogP contribution is 2.29. The van der Waals surface area contributed by atoms with Gasteiger partial charge in [-0.1, -0.05) is 18.2 Å². The number of hydrogen-bond donors (Lipinski definition) is 2. The third-order valence-corrected chi connectivity index (χ3v) is 4.51. The second-order valence-electron chi connectivity index (χ2n) is 5.11. The van der Waals surface area contributed by atoms with E-state index in [-0.39, 0.29) is 33.4 Å². The monoisotopic (exact) mass is 357 g/mol. The normalized spacial score (nSPS) is 13.2. The average Bonchev–Trinajstić information content (AvgIpc) is 3.09. The Morgan fingerprint density at radius 3 is 2.76 bits per heavy atom. The van der Waals surface area contributed by atoms with Gasteiger partial charge in [-0.3, -0.25) is 19.5 Å². The Balaban J connectivity index is 1.67. The molecule has 1 aromatic heterocycles. The summed E-state index contributed by atoms with van der Waals surface area (Å²) in [6.45, 7) is 0.383. The largest absolute Gasteiger partial charge is 0.493 e. The number of aromatic nitrogens is 2. The lowest BCUT2D eigenvalue weighted by molar-refractivity contribution is 0.0945. The molecule has 1 aromatic carbocycles. The molecule has 2 N–H and O–H groups in total. The van der Waals surface area contributed by atoms with Gasteiger partial charge in [-0.05, 0) is 12.1 Å². The Morgan fingerprint density at radius 1 is 1.28 bits per heavy atom. The molecule has 128 valence electrons. The lowest BCUT2D eigenvalue weighted by atomic mass is 9.99. The number of para-hydroxylation sites is 1. The predicted octanol–water partition coefficient (Wildman–Crippen LogP) is 1.84. The minimum absolute atomic E-state index is 0.0262. The van der Waals surface area contributed by atoms with Gasteiger partial charge in [0.25, 0.3) is 5.91 Å². The number of ether oxygens (including phenoxy) is 1. The van der Waals surface area contributed by atoms with E-state index in [1.54, 1.807) is 0 Å². The summed E-state index contributed by atoms with van der Waals surface area (Å²) in [6.07, 6.45) is 1.27. The number of nitrogens with zero attached hydrogens (tertiary/aromatic N) is 1. The van der Waals surface area contributed by atoms with E-state index in [2.05, 4.69) is 15.5 Å². The van der Waals surface area contributed by atoms with Crippen LogP contribution in [0, 0.1) is 0 Å². The van der Waals surface area contributed by atoms with Gasteiger partial charge < -0.3 is 10.1 Å². The summed E-state index contributed by atoms with van der Waals surface area (Å²) >= 11 is 1.22. The number of nitrogens with one attached hydrogen (secondary N) is 2. The van der Waals surface area contributed by atoms with Crippen LogP contribution in [0.1, 0.15) is 31.3 Å². The number of fused-ring (bicyclic) bond motifs is 1. The molecule has 0 radical (unpaired) electrons. The minimum atomic E-state index is -0.516. The number of Topliss-reactive ketones (excluding diaryl/α,β-unsaturated/α-hetero) is 1. The SMILES string of the molecule is CNC(=O)c1n[nH]c2c1C(=O)C(SCCOc1ccccc1)=CC2=O. The van der Waals surface area contributed by atoms with Crippen LogP contribution in [0.4, 0.5) is 0 Å². The quantitative estimate of drug-likeness (QED) is 0.765. The van der Waals surface area contributed by atoms with Crippen molar-refractivity contribution in [2.45, 2.75) is 0 Å². The smallest absolute Gasteiger partial charge is 0.272 e. The lowest BCUT2D eigenvalue weighted by Gasteiger charge is -2.12. The van der Waals surface area contributed by atoms with E-state index in [0.29, 0.717) is 12.4 Å². The molecule has 0 aliphatic heterocycles. The lowest BCUT2D eigenvalue weighted by Crippen LogP contribution is -2.23. The minimum Gasteiger partial charge on any atom is -0.493 e. The number of thioether (sulfide) groups is 1. The molecule has 0 saturated heterocycles. The second kappa shape index (κ2) is 7.35. The van der Waals surface area contributed by atoms with Crippen LogP contribution < -0.4 is 10.1 Å². The molecule has 0 spiro atoms. The molecule has 3 rings (SSSR count). The summed E-state index contributed by atoms with van der Waals surface area (Å²) in [5.74, 6) is -0.0442. The van der Waals surface area contributed by atoms with Crippen molar-refractivity contribution < 1.29 is 19.1 Å².